The first-order chi connectivity index (χ1) is 13.4. The van der Waals surface area contributed by atoms with Crippen LogP contribution in [-0.2, 0) is 14.3 Å². The normalized spacial score (nSPS) is 18.6. The Morgan fingerprint density at radius 3 is 2.79 bits per heavy atom. The molecule has 1 saturated heterocycles. The summed E-state index contributed by atoms with van der Waals surface area (Å²) in [7, 11) is 1.47. The number of methoxy groups -OCH3 is 1. The molecule has 1 aromatic carbocycles. The van der Waals surface area contributed by atoms with Crippen molar-refractivity contribution in [1.82, 2.24) is 10.3 Å². The van der Waals surface area contributed by atoms with Crippen LogP contribution in [0.5, 0.6) is 5.75 Å². The van der Waals surface area contributed by atoms with E-state index in [4.69, 9.17) is 9.47 Å². The van der Waals surface area contributed by atoms with Crippen molar-refractivity contribution in [3.63, 3.8) is 0 Å². The van der Waals surface area contributed by atoms with E-state index in [1.807, 2.05) is 19.1 Å². The topological polar surface area (TPSA) is 94.6 Å². The van der Waals surface area contributed by atoms with Crippen LogP contribution in [0.15, 0.2) is 36.9 Å². The number of nitrogens with one attached hydrogen (secondary N) is 1. The number of hydrogen-bond acceptors (Lipinski definition) is 6. The van der Waals surface area contributed by atoms with E-state index in [0.29, 0.717) is 23.3 Å². The maximum Gasteiger partial charge on any atom is 0.332 e. The van der Waals surface area contributed by atoms with Crippen molar-refractivity contribution >= 4 is 28.6 Å². The van der Waals surface area contributed by atoms with Crippen molar-refractivity contribution in [2.75, 3.05) is 13.7 Å². The minimum absolute atomic E-state index is 0.218. The van der Waals surface area contributed by atoms with Gasteiger partial charge >= 0.3 is 5.97 Å². The number of ketones is 1. The average Bonchev–Trinajstić information content (AvgIpc) is 3.06. The van der Waals surface area contributed by atoms with Crippen LogP contribution in [0, 0.1) is 6.92 Å². The third kappa shape index (κ3) is 3.74. The molecule has 0 spiro atoms. The highest BCUT2D eigenvalue weighted by molar-refractivity contribution is 6.04. The van der Waals surface area contributed by atoms with Gasteiger partial charge in [0.2, 0.25) is 11.7 Å². The molecule has 1 aliphatic heterocycles. The lowest BCUT2D eigenvalue weighted by molar-refractivity contribution is -0.150. The fourth-order valence-corrected chi connectivity index (χ4v) is 3.34. The zero-order valence-corrected chi connectivity index (χ0v) is 15.9. The lowest BCUT2D eigenvalue weighted by Crippen LogP contribution is -2.49. The molecule has 2 aromatic rings. The minimum atomic E-state index is -1.14. The quantitative estimate of drug-likeness (QED) is 0.449. The molecule has 0 aliphatic carbocycles. The standard InChI is InChI=1S/C21H22N2O5/c1-4-8-21(9-7-19(25)23-21)20(26)28-12-17(24)15-10-14-6-5-13(2)22-16(14)11-18(15)27-3/h4-6,10-11H,1,7-9,12H2,2-3H3,(H,23,25)/t21-/m1/s1. The summed E-state index contributed by atoms with van der Waals surface area (Å²) in [5, 5.41) is 3.44. The number of ether oxygens (including phenoxy) is 2. The summed E-state index contributed by atoms with van der Waals surface area (Å²) in [6, 6.07) is 7.08. The maximum atomic E-state index is 12.7. The molecule has 0 bridgehead atoms. The van der Waals surface area contributed by atoms with Gasteiger partial charge in [-0.2, -0.15) is 0 Å². The number of pyridine rings is 1. The van der Waals surface area contributed by atoms with E-state index in [0.717, 1.165) is 11.1 Å². The second-order valence-electron chi connectivity index (χ2n) is 6.82. The van der Waals surface area contributed by atoms with Gasteiger partial charge in [-0.05, 0) is 31.9 Å². The van der Waals surface area contributed by atoms with Crippen molar-refractivity contribution in [3.05, 3.63) is 48.2 Å². The smallest absolute Gasteiger partial charge is 0.332 e. The molecule has 1 N–H and O–H groups in total. The van der Waals surface area contributed by atoms with Gasteiger partial charge in [-0.1, -0.05) is 12.1 Å². The van der Waals surface area contributed by atoms with Crippen LogP contribution >= 0.6 is 0 Å². The Hall–Kier alpha value is -3.22. The number of nitrogens with zero attached hydrogens (tertiary/aromatic N) is 1. The molecule has 146 valence electrons. The summed E-state index contributed by atoms with van der Waals surface area (Å²) in [5.41, 5.74) is 0.730. The van der Waals surface area contributed by atoms with E-state index in [9.17, 15) is 14.4 Å². The first-order valence-electron chi connectivity index (χ1n) is 8.96. The summed E-state index contributed by atoms with van der Waals surface area (Å²) < 4.78 is 10.6. The predicted molar refractivity (Wildman–Crippen MR) is 103 cm³/mol. The molecule has 0 radical (unpaired) electrons. The summed E-state index contributed by atoms with van der Waals surface area (Å²) in [5.74, 6) is -0.889. The van der Waals surface area contributed by atoms with Crippen molar-refractivity contribution in [1.29, 1.82) is 0 Å². The maximum absolute atomic E-state index is 12.7. The molecule has 7 heteroatoms. The van der Waals surface area contributed by atoms with Crippen LogP contribution in [0.25, 0.3) is 10.9 Å². The molecule has 3 rings (SSSR count). The SMILES string of the molecule is C=CC[C@]1(C(=O)OCC(=O)c2cc3ccc(C)nc3cc2OC)CCC(=O)N1. The van der Waals surface area contributed by atoms with Crippen LogP contribution in [0.1, 0.15) is 35.3 Å². The molecule has 1 aromatic heterocycles. The van der Waals surface area contributed by atoms with E-state index in [1.165, 1.54) is 7.11 Å². The van der Waals surface area contributed by atoms with Gasteiger partial charge in [0.05, 0.1) is 18.2 Å². The molecule has 1 atom stereocenters. The number of carbonyl (C=O) groups is 3. The van der Waals surface area contributed by atoms with E-state index in [-0.39, 0.29) is 18.7 Å². The van der Waals surface area contributed by atoms with Crippen LogP contribution in [0.2, 0.25) is 0 Å². The fraction of sp³-hybridized carbons (Fsp3) is 0.333. The molecule has 0 unspecified atom stereocenters. The molecule has 1 aliphatic rings. The number of amides is 1. The van der Waals surface area contributed by atoms with Crippen LogP contribution < -0.4 is 10.1 Å². The van der Waals surface area contributed by atoms with Gasteiger partial charge in [0.15, 0.2) is 6.61 Å². The summed E-state index contributed by atoms with van der Waals surface area (Å²) in [4.78, 5) is 41.3. The van der Waals surface area contributed by atoms with Crippen molar-refractivity contribution in [2.24, 2.45) is 0 Å². The second-order valence-corrected chi connectivity index (χ2v) is 6.82. The van der Waals surface area contributed by atoms with E-state index in [1.54, 1.807) is 18.2 Å². The number of hydrogen-bond donors (Lipinski definition) is 1. The first kappa shape index (κ1) is 19.5. The van der Waals surface area contributed by atoms with Gasteiger partial charge < -0.3 is 14.8 Å². The third-order valence-corrected chi connectivity index (χ3v) is 4.83. The number of esters is 1. The molecule has 1 amide bonds. The highest BCUT2D eigenvalue weighted by Gasteiger charge is 2.45. The molecule has 2 heterocycles. The van der Waals surface area contributed by atoms with E-state index >= 15 is 0 Å². The van der Waals surface area contributed by atoms with Crippen LogP contribution in [-0.4, -0.2) is 41.9 Å². The van der Waals surface area contributed by atoms with E-state index in [2.05, 4.69) is 16.9 Å². The van der Waals surface area contributed by atoms with Crippen molar-refractivity contribution in [2.45, 2.75) is 31.7 Å². The van der Waals surface area contributed by atoms with Crippen molar-refractivity contribution in [3.8, 4) is 5.75 Å². The Balaban J connectivity index is 1.79. The van der Waals surface area contributed by atoms with Gasteiger partial charge in [0.25, 0.3) is 0 Å². The lowest BCUT2D eigenvalue weighted by atomic mass is 9.93. The number of rotatable bonds is 7. The van der Waals surface area contributed by atoms with Crippen molar-refractivity contribution < 1.29 is 23.9 Å². The van der Waals surface area contributed by atoms with Gasteiger partial charge in [0.1, 0.15) is 11.3 Å². The molecule has 1 fully saturated rings. The lowest BCUT2D eigenvalue weighted by Gasteiger charge is -2.25. The Bertz CT molecular complexity index is 969. The fourth-order valence-electron chi connectivity index (χ4n) is 3.34. The molecular weight excluding hydrogens is 360 g/mol. The second kappa shape index (κ2) is 7.80. The monoisotopic (exact) mass is 382 g/mol. The minimum Gasteiger partial charge on any atom is -0.496 e. The predicted octanol–water partition coefficient (Wildman–Crippen LogP) is 2.50. The number of aromatic nitrogens is 1. The number of aryl methyl sites for hydroxylation is 1. The van der Waals surface area contributed by atoms with E-state index < -0.39 is 23.9 Å². The Morgan fingerprint density at radius 2 is 2.14 bits per heavy atom. The van der Waals surface area contributed by atoms with Crippen LogP contribution in [0.3, 0.4) is 0 Å². The first-order valence-corrected chi connectivity index (χ1v) is 8.96. The number of Topliss-reactive ketones (excluding diaryl/α,β-unsaturated/α-hetero) is 1. The number of fused-ring (bicyclic) bond motifs is 1. The molecule has 28 heavy (non-hydrogen) atoms. The molecular formula is C21H22N2O5. The molecule has 7 nitrogen and oxygen atoms in total. The van der Waals surface area contributed by atoms with Gasteiger partial charge in [0, 0.05) is 23.6 Å². The van der Waals surface area contributed by atoms with Gasteiger partial charge in [-0.25, -0.2) is 4.79 Å². The summed E-state index contributed by atoms with van der Waals surface area (Å²) in [6.45, 7) is 5.06. The average molecular weight is 382 g/mol. The zero-order chi connectivity index (χ0) is 20.3. The largest absolute Gasteiger partial charge is 0.496 e. The number of carbonyl (C=O) groups excluding carboxylic acids is 3. The molecule has 0 saturated carbocycles. The Morgan fingerprint density at radius 1 is 1.36 bits per heavy atom. The third-order valence-electron chi connectivity index (χ3n) is 4.83. The Labute approximate surface area is 162 Å². The number of benzene rings is 1. The Kier molecular flexibility index (Phi) is 5.44. The van der Waals surface area contributed by atoms with Crippen LogP contribution in [0.4, 0.5) is 0 Å². The highest BCUT2D eigenvalue weighted by Crippen LogP contribution is 2.28. The van der Waals surface area contributed by atoms with Gasteiger partial charge in [-0.15, -0.1) is 6.58 Å². The summed E-state index contributed by atoms with van der Waals surface area (Å²) in [6.07, 6.45) is 2.35. The highest BCUT2D eigenvalue weighted by atomic mass is 16.5. The van der Waals surface area contributed by atoms with Gasteiger partial charge in [-0.3, -0.25) is 14.6 Å². The summed E-state index contributed by atoms with van der Waals surface area (Å²) >= 11 is 0. The zero-order valence-electron chi connectivity index (χ0n) is 15.9.